The van der Waals surface area contributed by atoms with Crippen molar-refractivity contribution < 1.29 is 19.2 Å². The van der Waals surface area contributed by atoms with Gasteiger partial charge in [0.15, 0.2) is 0 Å². The molecule has 1 aromatic carbocycles. The third-order valence-corrected chi connectivity index (χ3v) is 4.54. The van der Waals surface area contributed by atoms with Gasteiger partial charge in [-0.3, -0.25) is 9.89 Å². The second-order valence-electron chi connectivity index (χ2n) is 6.62. The molecule has 0 bridgehead atoms. The van der Waals surface area contributed by atoms with Crippen LogP contribution in [0.2, 0.25) is 0 Å². The summed E-state index contributed by atoms with van der Waals surface area (Å²) in [5.74, 6) is 1.93. The van der Waals surface area contributed by atoms with E-state index in [0.717, 1.165) is 43.3 Å². The van der Waals surface area contributed by atoms with Gasteiger partial charge in [0.1, 0.15) is 31.5 Å². The van der Waals surface area contributed by atoms with Crippen LogP contribution in [0.1, 0.15) is 51.0 Å². The molecule has 0 aromatic heterocycles. The molecule has 1 aliphatic heterocycles. The van der Waals surface area contributed by atoms with Gasteiger partial charge in [0, 0.05) is 0 Å². The quantitative estimate of drug-likeness (QED) is 0.439. The average molecular weight is 361 g/mol. The first kappa shape index (κ1) is 20.1. The van der Waals surface area contributed by atoms with Crippen molar-refractivity contribution in [2.45, 2.75) is 45.4 Å². The van der Waals surface area contributed by atoms with E-state index in [9.17, 15) is 9.90 Å². The van der Waals surface area contributed by atoms with Crippen LogP contribution in [-0.2, 0) is 0 Å². The highest BCUT2D eigenvalue weighted by atomic mass is 16.5. The van der Waals surface area contributed by atoms with E-state index in [1.54, 1.807) is 0 Å². The molecule has 0 radical (unpaired) electrons. The number of amidine groups is 1. The predicted octanol–water partition coefficient (Wildman–Crippen LogP) is 1.72. The fraction of sp³-hybridized carbons (Fsp3) is 0.600. The lowest BCUT2D eigenvalue weighted by Crippen LogP contribution is -2.40. The van der Waals surface area contributed by atoms with Crippen molar-refractivity contribution in [3.63, 3.8) is 0 Å². The van der Waals surface area contributed by atoms with Crippen molar-refractivity contribution in [2.75, 3.05) is 32.8 Å². The standard InChI is InChI=1S/C20H31N3O3/c1-2-3-4-5-6-7-16-26-18-10-8-17(9-11-18)19-21-12-14-23(19)15-13-22-20(24)25/h8-11,22H,2-7,12-16H2,1H3,(H,24,25). The van der Waals surface area contributed by atoms with Crippen LogP contribution in [0.5, 0.6) is 5.75 Å². The van der Waals surface area contributed by atoms with E-state index in [1.165, 1.54) is 32.1 Å². The molecule has 0 fully saturated rings. The van der Waals surface area contributed by atoms with E-state index in [-0.39, 0.29) is 0 Å². The van der Waals surface area contributed by atoms with Gasteiger partial charge in [-0.15, -0.1) is 0 Å². The number of carboxylic acid groups (broad SMARTS) is 1. The molecule has 26 heavy (non-hydrogen) atoms. The Morgan fingerprint density at radius 3 is 2.65 bits per heavy atom. The van der Waals surface area contributed by atoms with Crippen molar-refractivity contribution >= 4 is 11.9 Å². The van der Waals surface area contributed by atoms with E-state index in [1.807, 2.05) is 24.3 Å². The van der Waals surface area contributed by atoms with E-state index < -0.39 is 6.09 Å². The number of amides is 1. The Hall–Kier alpha value is -2.24. The number of nitrogens with one attached hydrogen (secondary N) is 2. The Balaban J connectivity index is 1.77. The molecule has 0 aliphatic carbocycles. The van der Waals surface area contributed by atoms with E-state index in [0.29, 0.717) is 13.1 Å². The van der Waals surface area contributed by atoms with Gasteiger partial charge in [-0.1, -0.05) is 39.0 Å². The Kier molecular flexibility index (Phi) is 8.79. The van der Waals surface area contributed by atoms with E-state index in [4.69, 9.17) is 4.74 Å². The molecule has 1 aromatic rings. The van der Waals surface area contributed by atoms with Crippen molar-refractivity contribution in [3.8, 4) is 5.75 Å². The molecule has 144 valence electrons. The highest BCUT2D eigenvalue weighted by Crippen LogP contribution is 2.14. The highest BCUT2D eigenvalue weighted by molar-refractivity contribution is 5.95. The van der Waals surface area contributed by atoms with Crippen LogP contribution in [0.25, 0.3) is 0 Å². The minimum atomic E-state index is -1.23. The molecule has 6 nitrogen and oxygen atoms in total. The van der Waals surface area contributed by atoms with Crippen molar-refractivity contribution in [1.82, 2.24) is 10.6 Å². The second-order valence-corrected chi connectivity index (χ2v) is 6.62. The first-order chi connectivity index (χ1) is 12.7. The van der Waals surface area contributed by atoms with Gasteiger partial charge in [-0.25, -0.2) is 0 Å². The van der Waals surface area contributed by atoms with Crippen molar-refractivity contribution in [3.05, 3.63) is 29.8 Å². The molecule has 0 saturated carbocycles. The van der Waals surface area contributed by atoms with E-state index >= 15 is 0 Å². The van der Waals surface area contributed by atoms with Crippen LogP contribution in [0.15, 0.2) is 24.3 Å². The van der Waals surface area contributed by atoms with Gasteiger partial charge in [0.05, 0.1) is 18.7 Å². The maximum atomic E-state index is 10.5. The van der Waals surface area contributed by atoms with Gasteiger partial charge in [0.25, 0.3) is 5.84 Å². The van der Waals surface area contributed by atoms with Crippen LogP contribution in [0, 0.1) is 0 Å². The van der Waals surface area contributed by atoms with Crippen LogP contribution in [0.3, 0.4) is 0 Å². The number of hydrogen-bond acceptors (Lipinski definition) is 4. The Morgan fingerprint density at radius 1 is 1.19 bits per heavy atom. The molecule has 2 N–H and O–H groups in total. The molecular formula is C20H31N3O3. The van der Waals surface area contributed by atoms with E-state index in [2.05, 4.69) is 22.1 Å². The summed E-state index contributed by atoms with van der Waals surface area (Å²) in [6.45, 7) is 5.69. The fourth-order valence-electron chi connectivity index (χ4n) is 3.12. The van der Waals surface area contributed by atoms with Gasteiger partial charge in [0.2, 0.25) is 0 Å². The number of carbonyl (C=O) groups is 1. The molecule has 0 saturated heterocycles. The zero-order chi connectivity index (χ0) is 18.6. The normalized spacial score (nSPS) is 13.6. The first-order valence-corrected chi connectivity index (χ1v) is 9.74. The smallest absolute Gasteiger partial charge is 0.277 e. The minimum absolute atomic E-state index is 0.354. The largest absolute Gasteiger partial charge is 0.530 e. The predicted molar refractivity (Wildman–Crippen MR) is 101 cm³/mol. The summed E-state index contributed by atoms with van der Waals surface area (Å²) in [7, 11) is 0. The number of benzene rings is 1. The summed E-state index contributed by atoms with van der Waals surface area (Å²) in [4.78, 5) is 10.5. The molecule has 2 rings (SSSR count). The number of nitrogens with zero attached hydrogens (tertiary/aromatic N) is 1. The maximum absolute atomic E-state index is 10.5. The SMILES string of the molecule is CCCCCCCCOc1ccc(C2=[N+](CCNC(=O)[O-])CCN2)cc1. The molecule has 0 unspecified atom stereocenters. The third kappa shape index (κ3) is 6.94. The summed E-state index contributed by atoms with van der Waals surface area (Å²) >= 11 is 0. The zero-order valence-corrected chi connectivity index (χ0v) is 15.8. The first-order valence-electron chi connectivity index (χ1n) is 9.74. The molecule has 0 atom stereocenters. The molecule has 1 aliphatic rings. The van der Waals surface area contributed by atoms with Gasteiger partial charge >= 0.3 is 0 Å². The Bertz CT molecular complexity index is 584. The van der Waals surface area contributed by atoms with Crippen LogP contribution in [0.4, 0.5) is 4.79 Å². The lowest BCUT2D eigenvalue weighted by Gasteiger charge is -2.09. The van der Waals surface area contributed by atoms with Crippen LogP contribution < -0.4 is 20.5 Å². The number of carbonyl (C=O) groups excluding carboxylic acids is 1. The maximum Gasteiger partial charge on any atom is 0.277 e. The topological polar surface area (TPSA) is 76.4 Å². The van der Waals surface area contributed by atoms with Gasteiger partial charge < -0.3 is 20.0 Å². The number of unbranched alkanes of at least 4 members (excludes halogenated alkanes) is 5. The lowest BCUT2D eigenvalue weighted by molar-refractivity contribution is -0.515. The highest BCUT2D eigenvalue weighted by Gasteiger charge is 2.22. The molecule has 6 heteroatoms. The van der Waals surface area contributed by atoms with Crippen molar-refractivity contribution in [2.24, 2.45) is 0 Å². The third-order valence-electron chi connectivity index (χ3n) is 4.54. The minimum Gasteiger partial charge on any atom is -0.530 e. The molecule has 1 heterocycles. The molecule has 0 spiro atoms. The summed E-state index contributed by atoms with van der Waals surface area (Å²) in [5, 5.41) is 16.1. The fourth-order valence-corrected chi connectivity index (χ4v) is 3.12. The number of ether oxygens (including phenoxy) is 1. The van der Waals surface area contributed by atoms with Gasteiger partial charge in [-0.05, 0) is 30.7 Å². The van der Waals surface area contributed by atoms with Crippen LogP contribution in [-0.4, -0.2) is 49.3 Å². The summed E-state index contributed by atoms with van der Waals surface area (Å²) in [6, 6.07) is 8.08. The van der Waals surface area contributed by atoms with Crippen molar-refractivity contribution in [1.29, 1.82) is 0 Å². The summed E-state index contributed by atoms with van der Waals surface area (Å²) in [5.41, 5.74) is 1.09. The average Bonchev–Trinajstić information content (AvgIpc) is 3.10. The Labute approximate surface area is 156 Å². The monoisotopic (exact) mass is 361 g/mol. The lowest BCUT2D eigenvalue weighted by atomic mass is 10.1. The molecule has 1 amide bonds. The second kappa shape index (κ2) is 11.4. The summed E-state index contributed by atoms with van der Waals surface area (Å²) < 4.78 is 7.96. The zero-order valence-electron chi connectivity index (χ0n) is 15.8. The summed E-state index contributed by atoms with van der Waals surface area (Å²) in [6.07, 6.45) is 6.33. The van der Waals surface area contributed by atoms with Crippen LogP contribution >= 0.6 is 0 Å². The number of hydrogen-bond donors (Lipinski definition) is 2. The number of rotatable bonds is 12. The van der Waals surface area contributed by atoms with Gasteiger partial charge in [-0.2, -0.15) is 0 Å². The molecular weight excluding hydrogens is 330 g/mol. The Morgan fingerprint density at radius 2 is 1.92 bits per heavy atom.